The summed E-state index contributed by atoms with van der Waals surface area (Å²) in [4.78, 5) is 0. The van der Waals surface area contributed by atoms with Crippen LogP contribution in [0, 0.1) is 6.92 Å². The molecule has 0 saturated carbocycles. The lowest BCUT2D eigenvalue weighted by molar-refractivity contribution is 0.483. The molecule has 0 aromatic heterocycles. The van der Waals surface area contributed by atoms with Crippen molar-refractivity contribution >= 4 is 5.69 Å². The fourth-order valence-electron chi connectivity index (χ4n) is 1.73. The Morgan fingerprint density at radius 1 is 1.27 bits per heavy atom. The van der Waals surface area contributed by atoms with Crippen LogP contribution in [-0.4, -0.2) is 6.04 Å². The predicted octanol–water partition coefficient (Wildman–Crippen LogP) is 2.86. The van der Waals surface area contributed by atoms with E-state index in [9.17, 15) is 0 Å². The van der Waals surface area contributed by atoms with E-state index in [1.54, 1.807) is 0 Å². The second kappa shape index (κ2) is 5.76. The third-order valence-electron chi connectivity index (χ3n) is 3.05. The maximum absolute atomic E-state index is 5.86. The maximum atomic E-state index is 5.86. The van der Waals surface area contributed by atoms with Crippen molar-refractivity contribution in [1.29, 1.82) is 0 Å². The summed E-state index contributed by atoms with van der Waals surface area (Å²) in [7, 11) is 0. The van der Waals surface area contributed by atoms with Gasteiger partial charge >= 0.3 is 0 Å². The Kier molecular flexibility index (Phi) is 4.63. The number of anilines is 1. The average molecular weight is 206 g/mol. The molecule has 0 saturated heterocycles. The molecule has 15 heavy (non-hydrogen) atoms. The lowest BCUT2D eigenvalue weighted by atomic mass is 10.1. The van der Waals surface area contributed by atoms with Crippen LogP contribution >= 0.6 is 0 Å². The molecule has 0 aliphatic rings. The average Bonchev–Trinajstić information content (AvgIpc) is 2.25. The molecule has 0 radical (unpaired) electrons. The van der Waals surface area contributed by atoms with Crippen molar-refractivity contribution in [2.45, 2.75) is 46.2 Å². The van der Waals surface area contributed by atoms with Gasteiger partial charge in [0.2, 0.25) is 0 Å². The second-order valence-electron chi connectivity index (χ2n) is 4.03. The van der Waals surface area contributed by atoms with Crippen LogP contribution in [0.5, 0.6) is 0 Å². The SMILES string of the molecule is CCC(CC)NCc1cccc(N)c1C. The zero-order valence-corrected chi connectivity index (χ0v) is 10.0. The van der Waals surface area contributed by atoms with E-state index >= 15 is 0 Å². The molecule has 0 aliphatic carbocycles. The largest absolute Gasteiger partial charge is 0.399 e. The summed E-state index contributed by atoms with van der Waals surface area (Å²) in [5.74, 6) is 0. The third-order valence-corrected chi connectivity index (χ3v) is 3.05. The maximum Gasteiger partial charge on any atom is 0.0346 e. The van der Waals surface area contributed by atoms with Crippen molar-refractivity contribution < 1.29 is 0 Å². The third kappa shape index (κ3) is 3.24. The number of benzene rings is 1. The Morgan fingerprint density at radius 2 is 1.93 bits per heavy atom. The van der Waals surface area contributed by atoms with Gasteiger partial charge in [-0.2, -0.15) is 0 Å². The number of nitrogens with one attached hydrogen (secondary N) is 1. The lowest BCUT2D eigenvalue weighted by Gasteiger charge is -2.16. The van der Waals surface area contributed by atoms with E-state index < -0.39 is 0 Å². The standard InChI is InChI=1S/C13H22N2/c1-4-12(5-2)15-9-11-7-6-8-13(14)10(11)3/h6-8,12,15H,4-5,9,14H2,1-3H3. The first kappa shape index (κ1) is 12.1. The summed E-state index contributed by atoms with van der Waals surface area (Å²) >= 11 is 0. The summed E-state index contributed by atoms with van der Waals surface area (Å²) in [5, 5.41) is 3.55. The summed E-state index contributed by atoms with van der Waals surface area (Å²) in [6.45, 7) is 7.43. The van der Waals surface area contributed by atoms with Gasteiger partial charge in [0.05, 0.1) is 0 Å². The van der Waals surface area contributed by atoms with Crippen molar-refractivity contribution in [1.82, 2.24) is 5.32 Å². The normalized spacial score (nSPS) is 10.9. The number of rotatable bonds is 5. The molecule has 0 fully saturated rings. The fourth-order valence-corrected chi connectivity index (χ4v) is 1.73. The monoisotopic (exact) mass is 206 g/mol. The summed E-state index contributed by atoms with van der Waals surface area (Å²) in [6, 6.07) is 6.73. The van der Waals surface area contributed by atoms with Crippen LogP contribution in [0.1, 0.15) is 37.8 Å². The topological polar surface area (TPSA) is 38.0 Å². The highest BCUT2D eigenvalue weighted by Gasteiger charge is 2.04. The van der Waals surface area contributed by atoms with Gasteiger partial charge in [-0.25, -0.2) is 0 Å². The van der Waals surface area contributed by atoms with Crippen molar-refractivity contribution in [3.8, 4) is 0 Å². The Morgan fingerprint density at radius 3 is 2.53 bits per heavy atom. The van der Waals surface area contributed by atoms with Gasteiger partial charge in [0.25, 0.3) is 0 Å². The van der Waals surface area contributed by atoms with Crippen LogP contribution < -0.4 is 11.1 Å². The van der Waals surface area contributed by atoms with Crippen molar-refractivity contribution in [2.24, 2.45) is 0 Å². The molecule has 1 rings (SSSR count). The van der Waals surface area contributed by atoms with E-state index in [1.807, 2.05) is 12.1 Å². The smallest absolute Gasteiger partial charge is 0.0346 e. The molecule has 1 aromatic carbocycles. The molecule has 84 valence electrons. The van der Waals surface area contributed by atoms with E-state index in [4.69, 9.17) is 5.73 Å². The Hall–Kier alpha value is -1.02. The van der Waals surface area contributed by atoms with Gasteiger partial charge in [-0.3, -0.25) is 0 Å². The number of nitrogen functional groups attached to an aromatic ring is 1. The Balaban J connectivity index is 2.61. The minimum Gasteiger partial charge on any atom is -0.399 e. The first-order valence-corrected chi connectivity index (χ1v) is 5.76. The molecule has 0 amide bonds. The van der Waals surface area contributed by atoms with E-state index in [1.165, 1.54) is 24.0 Å². The van der Waals surface area contributed by atoms with Gasteiger partial charge in [0, 0.05) is 18.3 Å². The zero-order chi connectivity index (χ0) is 11.3. The van der Waals surface area contributed by atoms with Crippen LogP contribution in [0.2, 0.25) is 0 Å². The molecule has 0 heterocycles. The van der Waals surface area contributed by atoms with Gasteiger partial charge in [-0.1, -0.05) is 26.0 Å². The second-order valence-corrected chi connectivity index (χ2v) is 4.03. The van der Waals surface area contributed by atoms with E-state index in [0.29, 0.717) is 6.04 Å². The number of hydrogen-bond acceptors (Lipinski definition) is 2. The molecule has 3 N–H and O–H groups in total. The highest BCUT2D eigenvalue weighted by Crippen LogP contribution is 2.15. The summed E-state index contributed by atoms with van der Waals surface area (Å²) in [6.07, 6.45) is 2.36. The highest BCUT2D eigenvalue weighted by atomic mass is 14.9. The highest BCUT2D eigenvalue weighted by molar-refractivity contribution is 5.49. The molecule has 0 unspecified atom stereocenters. The first-order valence-electron chi connectivity index (χ1n) is 5.76. The van der Waals surface area contributed by atoms with Gasteiger partial charge < -0.3 is 11.1 Å². The van der Waals surface area contributed by atoms with Gasteiger partial charge in [-0.15, -0.1) is 0 Å². The van der Waals surface area contributed by atoms with Gasteiger partial charge in [0.15, 0.2) is 0 Å². The first-order chi connectivity index (χ1) is 7.19. The van der Waals surface area contributed by atoms with Crippen LogP contribution in [0.3, 0.4) is 0 Å². The molecule has 1 aromatic rings. The Labute approximate surface area is 92.9 Å². The fraction of sp³-hybridized carbons (Fsp3) is 0.538. The molecular weight excluding hydrogens is 184 g/mol. The number of hydrogen-bond donors (Lipinski definition) is 2. The van der Waals surface area contributed by atoms with Crippen LogP contribution in [0.4, 0.5) is 5.69 Å². The zero-order valence-electron chi connectivity index (χ0n) is 10.0. The van der Waals surface area contributed by atoms with Crippen LogP contribution in [0.25, 0.3) is 0 Å². The minimum atomic E-state index is 0.617. The molecule has 2 nitrogen and oxygen atoms in total. The molecule has 2 heteroatoms. The van der Waals surface area contributed by atoms with Crippen molar-refractivity contribution in [2.75, 3.05) is 5.73 Å². The van der Waals surface area contributed by atoms with E-state index in [-0.39, 0.29) is 0 Å². The molecular formula is C13H22N2. The number of nitrogens with two attached hydrogens (primary N) is 1. The quantitative estimate of drug-likeness (QED) is 0.727. The molecule has 0 atom stereocenters. The summed E-state index contributed by atoms with van der Waals surface area (Å²) < 4.78 is 0. The van der Waals surface area contributed by atoms with Crippen LogP contribution in [0.15, 0.2) is 18.2 Å². The van der Waals surface area contributed by atoms with Gasteiger partial charge in [0.1, 0.15) is 0 Å². The van der Waals surface area contributed by atoms with E-state index in [2.05, 4.69) is 32.2 Å². The molecule has 0 bridgehead atoms. The summed E-state index contributed by atoms with van der Waals surface area (Å²) in [5.41, 5.74) is 9.26. The molecule has 0 aliphatic heterocycles. The molecule has 0 spiro atoms. The van der Waals surface area contributed by atoms with Crippen LogP contribution in [-0.2, 0) is 6.54 Å². The van der Waals surface area contributed by atoms with Gasteiger partial charge in [-0.05, 0) is 37.0 Å². The van der Waals surface area contributed by atoms with Crippen molar-refractivity contribution in [3.63, 3.8) is 0 Å². The predicted molar refractivity (Wildman–Crippen MR) is 66.8 cm³/mol. The minimum absolute atomic E-state index is 0.617. The van der Waals surface area contributed by atoms with E-state index in [0.717, 1.165) is 12.2 Å². The lowest BCUT2D eigenvalue weighted by Crippen LogP contribution is -2.27. The Bertz CT molecular complexity index is 303. The van der Waals surface area contributed by atoms with Crippen molar-refractivity contribution in [3.05, 3.63) is 29.3 Å².